The molecule has 0 aliphatic rings. The summed E-state index contributed by atoms with van der Waals surface area (Å²) in [5.41, 5.74) is 3.87. The van der Waals surface area contributed by atoms with Crippen molar-refractivity contribution < 1.29 is 0 Å². The Kier molecular flexibility index (Phi) is 4.60. The second-order valence-corrected chi connectivity index (χ2v) is 4.25. The molecule has 0 aliphatic carbocycles. The van der Waals surface area contributed by atoms with Crippen molar-refractivity contribution in [2.45, 2.75) is 20.3 Å². The molecule has 6 heteroatoms. The first-order valence-corrected chi connectivity index (χ1v) is 6.27. The summed E-state index contributed by atoms with van der Waals surface area (Å²) in [4.78, 5) is 23.0. The van der Waals surface area contributed by atoms with Gasteiger partial charge < -0.3 is 9.97 Å². The van der Waals surface area contributed by atoms with Crippen LogP contribution < -0.4 is 0 Å². The van der Waals surface area contributed by atoms with Gasteiger partial charge in [0.15, 0.2) is 0 Å². The van der Waals surface area contributed by atoms with Crippen molar-refractivity contribution in [2.75, 3.05) is 13.1 Å². The number of rotatable bonds is 6. The van der Waals surface area contributed by atoms with Crippen molar-refractivity contribution >= 4 is 12.4 Å². The minimum Gasteiger partial charge on any atom is -0.348 e. The van der Waals surface area contributed by atoms with Gasteiger partial charge in [0.25, 0.3) is 0 Å². The van der Waals surface area contributed by atoms with E-state index in [1.807, 2.05) is 13.8 Å². The van der Waals surface area contributed by atoms with Gasteiger partial charge in [-0.25, -0.2) is 9.97 Å². The van der Waals surface area contributed by atoms with E-state index in [-0.39, 0.29) is 0 Å². The van der Waals surface area contributed by atoms with Crippen LogP contribution >= 0.6 is 0 Å². The number of aryl methyl sites for hydroxylation is 2. The topological polar surface area (TPSA) is 82.1 Å². The molecule has 0 unspecified atom stereocenters. The van der Waals surface area contributed by atoms with Crippen molar-refractivity contribution in [2.24, 2.45) is 9.98 Å². The van der Waals surface area contributed by atoms with E-state index in [1.54, 1.807) is 25.1 Å². The minimum atomic E-state index is 0.753. The van der Waals surface area contributed by atoms with Gasteiger partial charge in [-0.15, -0.1) is 0 Å². The Morgan fingerprint density at radius 2 is 1.42 bits per heavy atom. The maximum Gasteiger partial charge on any atom is 0.101 e. The number of imidazole rings is 2. The molecule has 0 bridgehead atoms. The number of nitrogens with one attached hydrogen (secondary N) is 2. The summed E-state index contributed by atoms with van der Waals surface area (Å²) in [6, 6.07) is 0. The van der Waals surface area contributed by atoms with Crippen LogP contribution in [0.15, 0.2) is 22.6 Å². The average molecular weight is 258 g/mol. The van der Waals surface area contributed by atoms with Gasteiger partial charge in [-0.05, 0) is 20.3 Å². The molecule has 19 heavy (non-hydrogen) atoms. The third kappa shape index (κ3) is 3.87. The Morgan fingerprint density at radius 1 is 0.947 bits per heavy atom. The van der Waals surface area contributed by atoms with E-state index < -0.39 is 0 Å². The molecule has 0 saturated carbocycles. The fourth-order valence-electron chi connectivity index (χ4n) is 1.55. The number of aromatic amines is 2. The second kappa shape index (κ2) is 6.63. The van der Waals surface area contributed by atoms with Crippen LogP contribution in [-0.2, 0) is 0 Å². The Labute approximate surface area is 112 Å². The van der Waals surface area contributed by atoms with Crippen LogP contribution in [0.4, 0.5) is 0 Å². The minimum absolute atomic E-state index is 0.753. The monoisotopic (exact) mass is 258 g/mol. The molecule has 100 valence electrons. The summed E-state index contributed by atoms with van der Waals surface area (Å²) >= 11 is 0. The van der Waals surface area contributed by atoms with Gasteiger partial charge in [-0.1, -0.05) is 0 Å². The van der Waals surface area contributed by atoms with Crippen LogP contribution in [-0.4, -0.2) is 45.5 Å². The van der Waals surface area contributed by atoms with E-state index >= 15 is 0 Å². The lowest BCUT2D eigenvalue weighted by Crippen LogP contribution is -1.91. The van der Waals surface area contributed by atoms with E-state index in [2.05, 4.69) is 29.9 Å². The van der Waals surface area contributed by atoms with Crippen molar-refractivity contribution in [3.05, 3.63) is 35.4 Å². The lowest BCUT2D eigenvalue weighted by Gasteiger charge is -1.92. The Balaban J connectivity index is 1.68. The van der Waals surface area contributed by atoms with Crippen molar-refractivity contribution in [3.8, 4) is 0 Å². The van der Waals surface area contributed by atoms with Crippen LogP contribution in [0, 0.1) is 13.8 Å². The summed E-state index contributed by atoms with van der Waals surface area (Å²) in [5.74, 6) is 0. The van der Waals surface area contributed by atoms with Gasteiger partial charge >= 0.3 is 0 Å². The maximum absolute atomic E-state index is 4.32. The molecule has 0 fully saturated rings. The first-order chi connectivity index (χ1) is 9.27. The van der Waals surface area contributed by atoms with Crippen LogP contribution in [0.5, 0.6) is 0 Å². The second-order valence-electron chi connectivity index (χ2n) is 4.25. The van der Waals surface area contributed by atoms with E-state index in [1.165, 1.54) is 0 Å². The summed E-state index contributed by atoms with van der Waals surface area (Å²) in [7, 11) is 0. The smallest absolute Gasteiger partial charge is 0.101 e. The Hall–Kier alpha value is -2.24. The molecule has 0 aromatic carbocycles. The Bertz CT molecular complexity index is 513. The molecule has 0 aliphatic heterocycles. The van der Waals surface area contributed by atoms with E-state index in [4.69, 9.17) is 0 Å². The quantitative estimate of drug-likeness (QED) is 0.610. The normalized spacial score (nSPS) is 11.9. The summed E-state index contributed by atoms with van der Waals surface area (Å²) in [5, 5.41) is 0. The zero-order chi connectivity index (χ0) is 13.5. The van der Waals surface area contributed by atoms with Gasteiger partial charge in [0.2, 0.25) is 0 Å². The summed E-state index contributed by atoms with van der Waals surface area (Å²) in [6.45, 7) is 5.46. The zero-order valence-electron chi connectivity index (χ0n) is 11.2. The zero-order valence-corrected chi connectivity index (χ0v) is 11.2. The first-order valence-electron chi connectivity index (χ1n) is 6.27. The number of aromatic nitrogens is 4. The highest BCUT2D eigenvalue weighted by Crippen LogP contribution is 1.97. The van der Waals surface area contributed by atoms with Crippen LogP contribution in [0.2, 0.25) is 0 Å². The molecule has 2 aromatic rings. The van der Waals surface area contributed by atoms with E-state index in [0.717, 1.165) is 42.3 Å². The predicted octanol–water partition coefficient (Wildman–Crippen LogP) is 1.68. The number of H-pyrrole nitrogens is 2. The van der Waals surface area contributed by atoms with Gasteiger partial charge in [-0.3, -0.25) is 9.98 Å². The van der Waals surface area contributed by atoms with Crippen molar-refractivity contribution in [1.29, 1.82) is 0 Å². The van der Waals surface area contributed by atoms with E-state index in [0.29, 0.717) is 0 Å². The predicted molar refractivity (Wildman–Crippen MR) is 76.2 cm³/mol. The van der Waals surface area contributed by atoms with Crippen molar-refractivity contribution in [1.82, 2.24) is 19.9 Å². The molecular formula is C13H18N6. The van der Waals surface area contributed by atoms with Gasteiger partial charge in [0.05, 0.1) is 12.7 Å². The Morgan fingerprint density at radius 3 is 1.79 bits per heavy atom. The third-order valence-electron chi connectivity index (χ3n) is 2.74. The molecule has 0 saturated heterocycles. The molecule has 0 spiro atoms. The number of nitrogens with zero attached hydrogens (tertiary/aromatic N) is 4. The van der Waals surface area contributed by atoms with Crippen LogP contribution in [0.1, 0.15) is 29.2 Å². The molecule has 2 aromatic heterocycles. The summed E-state index contributed by atoms with van der Waals surface area (Å²) < 4.78 is 0. The number of aliphatic imine (C=N–C) groups is 2. The number of hydrogen-bond donors (Lipinski definition) is 2. The molecule has 0 amide bonds. The first kappa shape index (κ1) is 13.2. The molecular weight excluding hydrogens is 240 g/mol. The van der Waals surface area contributed by atoms with Crippen LogP contribution in [0.25, 0.3) is 0 Å². The van der Waals surface area contributed by atoms with Gasteiger partial charge in [0.1, 0.15) is 11.4 Å². The lowest BCUT2D eigenvalue weighted by molar-refractivity contribution is 0.850. The molecule has 0 radical (unpaired) electrons. The van der Waals surface area contributed by atoms with E-state index in [9.17, 15) is 0 Å². The largest absolute Gasteiger partial charge is 0.348 e. The van der Waals surface area contributed by atoms with Crippen molar-refractivity contribution in [3.63, 3.8) is 0 Å². The van der Waals surface area contributed by atoms with Crippen LogP contribution in [0.3, 0.4) is 0 Å². The molecule has 2 heterocycles. The molecule has 2 rings (SSSR count). The van der Waals surface area contributed by atoms with Gasteiger partial charge in [0, 0.05) is 36.9 Å². The number of hydrogen-bond acceptors (Lipinski definition) is 4. The highest BCUT2D eigenvalue weighted by Gasteiger charge is 1.96. The SMILES string of the molecule is Cc1[nH]cnc1/C=N/CCC/N=C/c1nc[nH]c1C. The highest BCUT2D eigenvalue weighted by molar-refractivity contribution is 5.78. The fourth-order valence-corrected chi connectivity index (χ4v) is 1.55. The average Bonchev–Trinajstić information content (AvgIpc) is 2.98. The molecule has 0 atom stereocenters. The lowest BCUT2D eigenvalue weighted by atomic mass is 10.3. The highest BCUT2D eigenvalue weighted by atomic mass is 14.9. The molecule has 6 nitrogen and oxygen atoms in total. The summed E-state index contributed by atoms with van der Waals surface area (Å²) in [6.07, 6.45) is 7.86. The fraction of sp³-hybridized carbons (Fsp3) is 0.385. The standard InChI is InChI=1S/C13H18N6/c1-10-12(18-8-16-10)6-14-4-3-5-15-7-13-11(2)17-9-19-13/h6-9H,3-5H2,1-2H3,(H,16,18)(H,17,19)/b14-6+,15-7+. The third-order valence-corrected chi connectivity index (χ3v) is 2.74. The maximum atomic E-state index is 4.32. The van der Waals surface area contributed by atoms with Gasteiger partial charge in [-0.2, -0.15) is 0 Å². The molecule has 2 N–H and O–H groups in total.